The van der Waals surface area contributed by atoms with Gasteiger partial charge in [-0.05, 0) is 38.6 Å². The molecule has 1 heterocycles. The van der Waals surface area contributed by atoms with Gasteiger partial charge in [0.25, 0.3) is 0 Å². The lowest BCUT2D eigenvalue weighted by Crippen LogP contribution is -2.45. The minimum atomic E-state index is -0.553. The molecule has 1 aliphatic rings. The van der Waals surface area contributed by atoms with Crippen molar-refractivity contribution in [3.63, 3.8) is 0 Å². The Kier molecular flexibility index (Phi) is 8.74. The highest BCUT2D eigenvalue weighted by molar-refractivity contribution is 5.80. The molecule has 1 atom stereocenters. The van der Waals surface area contributed by atoms with Gasteiger partial charge in [0.2, 0.25) is 0 Å². The van der Waals surface area contributed by atoms with Crippen molar-refractivity contribution < 1.29 is 13.5 Å². The van der Waals surface area contributed by atoms with Gasteiger partial charge in [-0.2, -0.15) is 0 Å². The Morgan fingerprint density at radius 2 is 2.19 bits per heavy atom. The second-order valence-electron chi connectivity index (χ2n) is 6.82. The quantitative estimate of drug-likeness (QED) is 0.386. The highest BCUT2D eigenvalue weighted by Crippen LogP contribution is 2.24. The van der Waals surface area contributed by atoms with Crippen LogP contribution < -0.4 is 15.5 Å². The van der Waals surface area contributed by atoms with Crippen LogP contribution in [0.4, 0.5) is 14.5 Å². The molecule has 0 amide bonds. The van der Waals surface area contributed by atoms with Crippen molar-refractivity contribution >= 4 is 11.6 Å². The van der Waals surface area contributed by atoms with Gasteiger partial charge in [-0.15, -0.1) is 0 Å². The number of benzene rings is 1. The van der Waals surface area contributed by atoms with Crippen molar-refractivity contribution in [1.82, 2.24) is 15.5 Å². The fraction of sp³-hybridized carbons (Fsp3) is 0.632. The molecular formula is C19H31F2N5O. The molecule has 2 N–H and O–H groups in total. The van der Waals surface area contributed by atoms with Crippen molar-refractivity contribution in [3.8, 4) is 0 Å². The standard InChI is InChI=1S/C19H31F2N5O/c1-22-19(23-8-4-9-25(2)11-12-27-3)24-16-7-10-26(14-16)18-6-5-15(20)13-17(18)21/h5-6,13,16H,4,7-12,14H2,1-3H3,(H2,22,23,24). The van der Waals surface area contributed by atoms with Crippen LogP contribution in [0.5, 0.6) is 0 Å². The third-order valence-electron chi connectivity index (χ3n) is 4.69. The molecule has 6 nitrogen and oxygen atoms in total. The van der Waals surface area contributed by atoms with Crippen molar-refractivity contribution in [2.75, 3.05) is 65.4 Å². The minimum absolute atomic E-state index is 0.171. The summed E-state index contributed by atoms with van der Waals surface area (Å²) in [6, 6.07) is 3.90. The molecule has 1 aliphatic heterocycles. The Bertz CT molecular complexity index is 614. The van der Waals surface area contributed by atoms with Gasteiger partial charge in [0, 0.05) is 52.4 Å². The normalized spacial score (nSPS) is 17.6. The van der Waals surface area contributed by atoms with Crippen LogP contribution in [0.2, 0.25) is 0 Å². The van der Waals surface area contributed by atoms with Crippen molar-refractivity contribution in [1.29, 1.82) is 0 Å². The molecule has 27 heavy (non-hydrogen) atoms. The van der Waals surface area contributed by atoms with E-state index >= 15 is 0 Å². The summed E-state index contributed by atoms with van der Waals surface area (Å²) in [5, 5.41) is 6.71. The third-order valence-corrected chi connectivity index (χ3v) is 4.69. The van der Waals surface area contributed by atoms with Gasteiger partial charge >= 0.3 is 0 Å². The highest BCUT2D eigenvalue weighted by Gasteiger charge is 2.25. The number of aliphatic imine (C=N–C) groups is 1. The van der Waals surface area contributed by atoms with E-state index in [9.17, 15) is 8.78 Å². The summed E-state index contributed by atoms with van der Waals surface area (Å²) in [6.07, 6.45) is 1.87. The Morgan fingerprint density at radius 3 is 2.89 bits per heavy atom. The van der Waals surface area contributed by atoms with Gasteiger partial charge in [-0.25, -0.2) is 8.78 Å². The number of ether oxygens (including phenoxy) is 1. The molecule has 1 saturated heterocycles. The van der Waals surface area contributed by atoms with E-state index in [1.165, 1.54) is 12.1 Å². The van der Waals surface area contributed by atoms with E-state index in [-0.39, 0.29) is 6.04 Å². The molecule has 1 unspecified atom stereocenters. The first-order valence-corrected chi connectivity index (χ1v) is 9.38. The molecule has 8 heteroatoms. The molecule has 0 spiro atoms. The SMILES string of the molecule is CN=C(NCCCN(C)CCOC)NC1CCN(c2ccc(F)cc2F)C1. The molecule has 0 bridgehead atoms. The molecule has 0 aliphatic carbocycles. The molecule has 2 rings (SSSR count). The molecule has 1 aromatic carbocycles. The average molecular weight is 383 g/mol. The van der Waals surface area contributed by atoms with Gasteiger partial charge in [-0.3, -0.25) is 4.99 Å². The summed E-state index contributed by atoms with van der Waals surface area (Å²) in [5.74, 6) is -0.320. The zero-order valence-electron chi connectivity index (χ0n) is 16.5. The molecule has 0 saturated carbocycles. The lowest BCUT2D eigenvalue weighted by atomic mass is 10.2. The van der Waals surface area contributed by atoms with E-state index in [4.69, 9.17) is 4.74 Å². The van der Waals surface area contributed by atoms with Crippen LogP contribution >= 0.6 is 0 Å². The largest absolute Gasteiger partial charge is 0.383 e. The van der Waals surface area contributed by atoms with Gasteiger partial charge in [0.05, 0.1) is 12.3 Å². The first-order chi connectivity index (χ1) is 13.0. The first kappa shape index (κ1) is 21.4. The summed E-state index contributed by atoms with van der Waals surface area (Å²) in [6.45, 7) is 4.83. The zero-order chi connectivity index (χ0) is 19.6. The predicted octanol–water partition coefficient (Wildman–Crippen LogP) is 1.68. The van der Waals surface area contributed by atoms with Crippen molar-refractivity contribution in [2.45, 2.75) is 18.9 Å². The molecule has 1 aromatic rings. The van der Waals surface area contributed by atoms with Crippen molar-refractivity contribution in [3.05, 3.63) is 29.8 Å². The van der Waals surface area contributed by atoms with Crippen LogP contribution in [0.25, 0.3) is 0 Å². The molecular weight excluding hydrogens is 352 g/mol. The Hall–Kier alpha value is -1.93. The van der Waals surface area contributed by atoms with E-state index < -0.39 is 11.6 Å². The Balaban J connectivity index is 1.72. The first-order valence-electron chi connectivity index (χ1n) is 9.38. The summed E-state index contributed by atoms with van der Waals surface area (Å²) in [7, 11) is 5.53. The molecule has 0 aromatic heterocycles. The van der Waals surface area contributed by atoms with Crippen LogP contribution in [0, 0.1) is 11.6 Å². The van der Waals surface area contributed by atoms with Gasteiger partial charge in [0.1, 0.15) is 11.6 Å². The topological polar surface area (TPSA) is 52.1 Å². The number of nitrogens with one attached hydrogen (secondary N) is 2. The number of hydrogen-bond donors (Lipinski definition) is 2. The molecule has 0 radical (unpaired) electrons. The maximum atomic E-state index is 14.0. The third kappa shape index (κ3) is 6.95. The van der Waals surface area contributed by atoms with Gasteiger partial charge < -0.3 is 25.2 Å². The van der Waals surface area contributed by atoms with Gasteiger partial charge in [0.15, 0.2) is 5.96 Å². The maximum Gasteiger partial charge on any atom is 0.191 e. The summed E-state index contributed by atoms with van der Waals surface area (Å²) < 4.78 is 32.1. The number of methoxy groups -OCH3 is 1. The second-order valence-corrected chi connectivity index (χ2v) is 6.82. The van der Waals surface area contributed by atoms with E-state index in [1.54, 1.807) is 14.2 Å². The zero-order valence-corrected chi connectivity index (χ0v) is 16.5. The molecule has 152 valence electrons. The van der Waals surface area contributed by atoms with Gasteiger partial charge in [-0.1, -0.05) is 0 Å². The number of guanidine groups is 1. The number of anilines is 1. The van der Waals surface area contributed by atoms with Crippen LogP contribution in [-0.2, 0) is 4.74 Å². The monoisotopic (exact) mass is 383 g/mol. The lowest BCUT2D eigenvalue weighted by Gasteiger charge is -2.21. The minimum Gasteiger partial charge on any atom is -0.383 e. The average Bonchev–Trinajstić information content (AvgIpc) is 3.10. The summed E-state index contributed by atoms with van der Waals surface area (Å²) in [5.41, 5.74) is 0.447. The van der Waals surface area contributed by atoms with E-state index in [2.05, 4.69) is 27.6 Å². The van der Waals surface area contributed by atoms with Crippen LogP contribution in [-0.4, -0.2) is 77.4 Å². The number of rotatable bonds is 9. The highest BCUT2D eigenvalue weighted by atomic mass is 19.1. The molecule has 1 fully saturated rings. The van der Waals surface area contributed by atoms with E-state index in [1.807, 2.05) is 4.90 Å². The van der Waals surface area contributed by atoms with E-state index in [0.717, 1.165) is 57.7 Å². The van der Waals surface area contributed by atoms with Crippen molar-refractivity contribution in [2.24, 2.45) is 4.99 Å². The number of halogens is 2. The fourth-order valence-electron chi connectivity index (χ4n) is 3.14. The summed E-state index contributed by atoms with van der Waals surface area (Å²) in [4.78, 5) is 8.43. The fourth-order valence-corrected chi connectivity index (χ4v) is 3.14. The van der Waals surface area contributed by atoms with Crippen LogP contribution in [0.3, 0.4) is 0 Å². The predicted molar refractivity (Wildman–Crippen MR) is 105 cm³/mol. The number of hydrogen-bond acceptors (Lipinski definition) is 4. The second kappa shape index (κ2) is 11.0. The Labute approximate surface area is 160 Å². The summed E-state index contributed by atoms with van der Waals surface area (Å²) >= 11 is 0. The lowest BCUT2D eigenvalue weighted by molar-refractivity contribution is 0.161. The maximum absolute atomic E-state index is 14.0. The van der Waals surface area contributed by atoms with Crippen LogP contribution in [0.15, 0.2) is 23.2 Å². The van der Waals surface area contributed by atoms with E-state index in [0.29, 0.717) is 12.2 Å². The number of likely N-dealkylation sites (N-methyl/N-ethyl adjacent to an activating group) is 1. The smallest absolute Gasteiger partial charge is 0.191 e. The Morgan fingerprint density at radius 1 is 1.37 bits per heavy atom. The number of nitrogens with zero attached hydrogens (tertiary/aromatic N) is 3. The van der Waals surface area contributed by atoms with Crippen LogP contribution in [0.1, 0.15) is 12.8 Å².